The van der Waals surface area contributed by atoms with Crippen molar-refractivity contribution >= 4 is 28.9 Å². The number of imidazole rings is 1. The van der Waals surface area contributed by atoms with Crippen molar-refractivity contribution in [1.29, 1.82) is 0 Å². The van der Waals surface area contributed by atoms with Gasteiger partial charge in [-0.05, 0) is 19.1 Å². The average Bonchev–Trinajstić information content (AvgIpc) is 3.07. The number of thioether (sulfide) groups is 1. The highest BCUT2D eigenvalue weighted by molar-refractivity contribution is 7.99. The molecule has 10 nitrogen and oxygen atoms in total. The Morgan fingerprint density at radius 3 is 2.50 bits per heavy atom. The molecule has 160 valence electrons. The van der Waals surface area contributed by atoms with E-state index in [1.54, 1.807) is 12.1 Å². The first kappa shape index (κ1) is 21.7. The Morgan fingerprint density at radius 2 is 1.87 bits per heavy atom. The van der Waals surface area contributed by atoms with Crippen LogP contribution in [0.1, 0.15) is 5.56 Å². The minimum atomic E-state index is -1.05. The van der Waals surface area contributed by atoms with Crippen LogP contribution < -0.4 is 16.0 Å². The molecule has 0 fully saturated rings. The van der Waals surface area contributed by atoms with Gasteiger partial charge in [-0.1, -0.05) is 29.5 Å². The van der Waals surface area contributed by atoms with E-state index in [0.29, 0.717) is 5.75 Å². The molecular weight excluding hydrogens is 412 g/mol. The Kier molecular flexibility index (Phi) is 6.32. The van der Waals surface area contributed by atoms with Gasteiger partial charge < -0.3 is 19.5 Å². The minimum absolute atomic E-state index is 0.0438. The molecule has 3 rings (SSSR count). The van der Waals surface area contributed by atoms with Crippen molar-refractivity contribution in [2.45, 2.75) is 24.7 Å². The molecule has 1 atom stereocenters. The molecule has 0 aliphatic carbocycles. The summed E-state index contributed by atoms with van der Waals surface area (Å²) in [6, 6.07) is 7.34. The van der Waals surface area contributed by atoms with Crippen LogP contribution in [0.15, 0.2) is 39.0 Å². The Labute approximate surface area is 175 Å². The molecule has 11 heteroatoms. The molecule has 0 aliphatic heterocycles. The van der Waals surface area contributed by atoms with Crippen molar-refractivity contribution in [1.82, 2.24) is 18.7 Å². The van der Waals surface area contributed by atoms with E-state index in [1.807, 2.05) is 19.1 Å². The molecule has 0 aliphatic rings. The lowest BCUT2D eigenvalue weighted by Crippen LogP contribution is -2.38. The van der Waals surface area contributed by atoms with Gasteiger partial charge in [-0.15, -0.1) is 0 Å². The molecule has 2 heterocycles. The first-order valence-electron chi connectivity index (χ1n) is 9.07. The van der Waals surface area contributed by atoms with E-state index in [-0.39, 0.29) is 35.2 Å². The zero-order valence-electron chi connectivity index (χ0n) is 16.7. The first-order valence-corrected chi connectivity index (χ1v) is 10.1. The third kappa shape index (κ3) is 4.41. The van der Waals surface area contributed by atoms with Crippen LogP contribution in [0, 0.1) is 6.92 Å². The predicted molar refractivity (Wildman–Crippen MR) is 111 cm³/mol. The summed E-state index contributed by atoms with van der Waals surface area (Å²) in [5, 5.41) is 19.7. The summed E-state index contributed by atoms with van der Waals surface area (Å²) in [6.45, 7) is 1.85. The number of ether oxygens (including phenoxy) is 1. The second-order valence-corrected chi connectivity index (χ2v) is 7.79. The third-order valence-corrected chi connectivity index (χ3v) is 5.46. The summed E-state index contributed by atoms with van der Waals surface area (Å²) in [7, 11) is 2.83. The number of carboxylic acid groups (broad SMARTS) is 1. The summed E-state index contributed by atoms with van der Waals surface area (Å²) in [5.41, 5.74) is 0.198. The summed E-state index contributed by atoms with van der Waals surface area (Å²) in [4.78, 5) is 40.2. The second kappa shape index (κ2) is 8.76. The lowest BCUT2D eigenvalue weighted by Gasteiger charge is -2.15. The van der Waals surface area contributed by atoms with Crippen molar-refractivity contribution in [2.24, 2.45) is 14.1 Å². The standard InChI is InChI=1S/C19H22N4O6S/c1-11-4-6-13(7-5-11)29-9-12(24)8-23-15-16(20-18(23)30-10-14(25)26)21(2)19(28)22(3)17(15)27/h4-7,12,24H,8-10H2,1-3H3,(H,25,26)/t12-/m0/s1. The maximum absolute atomic E-state index is 12.7. The largest absolute Gasteiger partial charge is 0.491 e. The molecule has 2 aromatic heterocycles. The number of hydrogen-bond donors (Lipinski definition) is 2. The number of nitrogens with zero attached hydrogens (tertiary/aromatic N) is 4. The van der Waals surface area contributed by atoms with E-state index in [2.05, 4.69) is 4.98 Å². The molecule has 0 spiro atoms. The fourth-order valence-corrected chi connectivity index (χ4v) is 3.65. The maximum Gasteiger partial charge on any atom is 0.332 e. The lowest BCUT2D eigenvalue weighted by molar-refractivity contribution is -0.133. The van der Waals surface area contributed by atoms with Gasteiger partial charge in [0.05, 0.1) is 12.3 Å². The smallest absolute Gasteiger partial charge is 0.332 e. The van der Waals surface area contributed by atoms with Crippen LogP contribution >= 0.6 is 11.8 Å². The summed E-state index contributed by atoms with van der Waals surface area (Å²) in [6.07, 6.45) is -1.00. The molecule has 2 N–H and O–H groups in total. The molecule has 1 aromatic carbocycles. The highest BCUT2D eigenvalue weighted by atomic mass is 32.2. The summed E-state index contributed by atoms with van der Waals surface area (Å²) >= 11 is 0.905. The number of aliphatic carboxylic acids is 1. The van der Waals surface area contributed by atoms with Crippen LogP contribution in [0.25, 0.3) is 11.2 Å². The predicted octanol–water partition coefficient (Wildman–Crippen LogP) is 0.359. The number of carboxylic acids is 1. The van der Waals surface area contributed by atoms with Gasteiger partial charge in [-0.3, -0.25) is 18.7 Å². The highest BCUT2D eigenvalue weighted by Crippen LogP contribution is 2.22. The quantitative estimate of drug-likeness (QED) is 0.486. The minimum Gasteiger partial charge on any atom is -0.491 e. The van der Waals surface area contributed by atoms with Crippen molar-refractivity contribution in [3.8, 4) is 5.75 Å². The van der Waals surface area contributed by atoms with Gasteiger partial charge in [-0.2, -0.15) is 0 Å². The van der Waals surface area contributed by atoms with Crippen molar-refractivity contribution in [3.05, 3.63) is 50.7 Å². The Bertz CT molecular complexity index is 1190. The Balaban J connectivity index is 1.94. The van der Waals surface area contributed by atoms with E-state index in [4.69, 9.17) is 9.84 Å². The van der Waals surface area contributed by atoms with Gasteiger partial charge in [0.15, 0.2) is 16.3 Å². The monoisotopic (exact) mass is 434 g/mol. The van der Waals surface area contributed by atoms with E-state index in [0.717, 1.165) is 21.9 Å². The van der Waals surface area contributed by atoms with Crippen LogP contribution in [0.2, 0.25) is 0 Å². The van der Waals surface area contributed by atoms with E-state index in [9.17, 15) is 19.5 Å². The first-order chi connectivity index (χ1) is 14.2. The molecular formula is C19H22N4O6S. The number of fused-ring (bicyclic) bond motifs is 1. The van der Waals surface area contributed by atoms with Crippen molar-refractivity contribution in [2.75, 3.05) is 12.4 Å². The number of hydrogen-bond acceptors (Lipinski definition) is 7. The average molecular weight is 434 g/mol. The van der Waals surface area contributed by atoms with Gasteiger partial charge in [0.1, 0.15) is 18.5 Å². The fraction of sp³-hybridized carbons (Fsp3) is 0.368. The van der Waals surface area contributed by atoms with E-state index < -0.39 is 23.3 Å². The zero-order chi connectivity index (χ0) is 22.0. The zero-order valence-corrected chi connectivity index (χ0v) is 17.5. The summed E-state index contributed by atoms with van der Waals surface area (Å²) < 4.78 is 9.19. The van der Waals surface area contributed by atoms with Crippen LogP contribution in [0.3, 0.4) is 0 Å². The topological polar surface area (TPSA) is 129 Å². The number of aryl methyl sites for hydroxylation is 2. The number of aliphatic hydroxyl groups is 1. The van der Waals surface area contributed by atoms with Crippen molar-refractivity contribution in [3.63, 3.8) is 0 Å². The van der Waals surface area contributed by atoms with E-state index >= 15 is 0 Å². The number of rotatable bonds is 8. The second-order valence-electron chi connectivity index (χ2n) is 6.84. The van der Waals surface area contributed by atoms with Crippen LogP contribution in [-0.2, 0) is 25.4 Å². The van der Waals surface area contributed by atoms with Crippen molar-refractivity contribution < 1.29 is 19.7 Å². The van der Waals surface area contributed by atoms with Gasteiger partial charge in [0.2, 0.25) is 0 Å². The molecule has 3 aromatic rings. The number of benzene rings is 1. The molecule has 0 saturated carbocycles. The summed E-state index contributed by atoms with van der Waals surface area (Å²) in [5.74, 6) is -0.745. The molecule has 0 radical (unpaired) electrons. The highest BCUT2D eigenvalue weighted by Gasteiger charge is 2.22. The maximum atomic E-state index is 12.7. The number of aromatic nitrogens is 4. The normalized spacial score (nSPS) is 12.3. The fourth-order valence-electron chi connectivity index (χ4n) is 2.92. The Morgan fingerprint density at radius 1 is 1.20 bits per heavy atom. The number of carbonyl (C=O) groups is 1. The van der Waals surface area contributed by atoms with Crippen LogP contribution in [-0.4, -0.2) is 53.3 Å². The molecule has 0 bridgehead atoms. The van der Waals surface area contributed by atoms with Gasteiger partial charge in [0, 0.05) is 14.1 Å². The lowest BCUT2D eigenvalue weighted by atomic mass is 10.2. The molecule has 30 heavy (non-hydrogen) atoms. The van der Waals surface area contributed by atoms with Gasteiger partial charge >= 0.3 is 11.7 Å². The Hall–Kier alpha value is -3.05. The molecule has 0 amide bonds. The van der Waals surface area contributed by atoms with Crippen LogP contribution in [0.5, 0.6) is 5.75 Å². The third-order valence-electron chi connectivity index (χ3n) is 4.49. The molecule has 0 saturated heterocycles. The molecule has 0 unspecified atom stereocenters. The van der Waals surface area contributed by atoms with E-state index in [1.165, 1.54) is 23.2 Å². The number of aliphatic hydroxyl groups excluding tert-OH is 1. The van der Waals surface area contributed by atoms with Gasteiger partial charge in [-0.25, -0.2) is 9.78 Å². The van der Waals surface area contributed by atoms with Gasteiger partial charge in [0.25, 0.3) is 5.56 Å². The van der Waals surface area contributed by atoms with Crippen LogP contribution in [0.4, 0.5) is 0 Å². The SMILES string of the molecule is Cc1ccc(OC[C@@H](O)Cn2c(SCC(=O)O)nc3c2c(=O)n(C)c(=O)n3C)cc1.